The number of nitrogens with one attached hydrogen (secondary N) is 2. The molecule has 1 rings (SSSR count). The number of anilines is 1. The second-order valence-corrected chi connectivity index (χ2v) is 4.28. The molecule has 1 heterocycles. The lowest BCUT2D eigenvalue weighted by Crippen LogP contribution is -2.40. The van der Waals surface area contributed by atoms with Crippen molar-refractivity contribution in [2.45, 2.75) is 32.3 Å². The van der Waals surface area contributed by atoms with E-state index in [-0.39, 0.29) is 12.5 Å². The number of aromatic nitrogens is 1. The first-order valence-electron chi connectivity index (χ1n) is 5.39. The fraction of sp³-hybridized carbons (Fsp3) is 0.545. The molecule has 0 fully saturated rings. The molecule has 0 bridgehead atoms. The van der Waals surface area contributed by atoms with Gasteiger partial charge in [-0.05, 0) is 19.4 Å². The Balaban J connectivity index is 2.47. The van der Waals surface area contributed by atoms with Crippen LogP contribution in [0.4, 0.5) is 5.69 Å². The van der Waals surface area contributed by atoms with Crippen molar-refractivity contribution in [3.05, 3.63) is 18.0 Å². The molecule has 1 amide bonds. The first-order valence-corrected chi connectivity index (χ1v) is 5.39. The van der Waals surface area contributed by atoms with Crippen molar-refractivity contribution >= 4 is 11.6 Å². The highest BCUT2D eigenvalue weighted by Crippen LogP contribution is 2.10. The van der Waals surface area contributed by atoms with Gasteiger partial charge in [0.05, 0.1) is 5.60 Å². The monoisotopic (exact) mass is 225 g/mol. The zero-order valence-electron chi connectivity index (χ0n) is 9.71. The van der Waals surface area contributed by atoms with Crippen LogP contribution < -0.4 is 11.1 Å². The fourth-order valence-corrected chi connectivity index (χ4v) is 1.54. The van der Waals surface area contributed by atoms with Gasteiger partial charge in [-0.2, -0.15) is 0 Å². The number of rotatable bonds is 5. The lowest BCUT2D eigenvalue weighted by atomic mass is 10.0. The average molecular weight is 225 g/mol. The van der Waals surface area contributed by atoms with E-state index in [2.05, 4.69) is 10.3 Å². The van der Waals surface area contributed by atoms with E-state index in [1.54, 1.807) is 19.2 Å². The van der Waals surface area contributed by atoms with E-state index in [9.17, 15) is 9.90 Å². The summed E-state index contributed by atoms with van der Waals surface area (Å²) in [6, 6.07) is 1.56. The molecular weight excluding hydrogens is 206 g/mol. The second kappa shape index (κ2) is 5.03. The van der Waals surface area contributed by atoms with Gasteiger partial charge < -0.3 is 21.1 Å². The SMILES string of the molecule is CCCC(C)(O)CNC(=O)c1cc(N)c[nH]1. The van der Waals surface area contributed by atoms with Crippen molar-refractivity contribution in [3.63, 3.8) is 0 Å². The Hall–Kier alpha value is -1.49. The van der Waals surface area contributed by atoms with Crippen molar-refractivity contribution in [2.24, 2.45) is 0 Å². The molecule has 0 radical (unpaired) electrons. The maximum absolute atomic E-state index is 11.6. The van der Waals surface area contributed by atoms with Crippen LogP contribution in [0.2, 0.25) is 0 Å². The molecule has 0 aliphatic rings. The zero-order valence-corrected chi connectivity index (χ0v) is 9.71. The number of carbonyl (C=O) groups is 1. The summed E-state index contributed by atoms with van der Waals surface area (Å²) < 4.78 is 0. The van der Waals surface area contributed by atoms with Crippen molar-refractivity contribution < 1.29 is 9.90 Å². The van der Waals surface area contributed by atoms with Crippen molar-refractivity contribution in [1.29, 1.82) is 0 Å². The Morgan fingerprint density at radius 1 is 1.69 bits per heavy atom. The maximum Gasteiger partial charge on any atom is 0.267 e. The summed E-state index contributed by atoms with van der Waals surface area (Å²) in [5.74, 6) is -0.256. The first kappa shape index (κ1) is 12.6. The highest BCUT2D eigenvalue weighted by Gasteiger charge is 2.20. The Morgan fingerprint density at radius 2 is 2.38 bits per heavy atom. The number of hydrogen-bond donors (Lipinski definition) is 4. The minimum Gasteiger partial charge on any atom is -0.397 e. The Bertz CT molecular complexity index is 358. The molecule has 0 aliphatic heterocycles. The van der Waals surface area contributed by atoms with Gasteiger partial charge in [0.15, 0.2) is 0 Å². The number of hydrogen-bond acceptors (Lipinski definition) is 3. The molecule has 5 heteroatoms. The number of nitrogens with two attached hydrogens (primary N) is 1. The van der Waals surface area contributed by atoms with Gasteiger partial charge in [0.2, 0.25) is 0 Å². The third-order valence-corrected chi connectivity index (χ3v) is 2.37. The second-order valence-electron chi connectivity index (χ2n) is 4.28. The Kier molecular flexibility index (Phi) is 3.95. The van der Waals surface area contributed by atoms with Crippen molar-refractivity contribution in [1.82, 2.24) is 10.3 Å². The summed E-state index contributed by atoms with van der Waals surface area (Å²) in [7, 11) is 0. The molecule has 1 unspecified atom stereocenters. The van der Waals surface area contributed by atoms with E-state index in [1.807, 2.05) is 6.92 Å². The third kappa shape index (κ3) is 3.58. The molecule has 16 heavy (non-hydrogen) atoms. The van der Waals surface area contributed by atoms with Gasteiger partial charge in [-0.1, -0.05) is 13.3 Å². The van der Waals surface area contributed by atoms with Gasteiger partial charge in [0.1, 0.15) is 5.69 Å². The molecule has 5 nitrogen and oxygen atoms in total. The standard InChI is InChI=1S/C11H19N3O2/c1-3-4-11(2,16)7-14-10(15)9-5-8(12)6-13-9/h5-6,13,16H,3-4,7,12H2,1-2H3,(H,14,15). The Labute approximate surface area is 95.0 Å². The summed E-state index contributed by atoms with van der Waals surface area (Å²) >= 11 is 0. The van der Waals surface area contributed by atoms with E-state index in [1.165, 1.54) is 0 Å². The largest absolute Gasteiger partial charge is 0.397 e. The van der Waals surface area contributed by atoms with Crippen molar-refractivity contribution in [2.75, 3.05) is 12.3 Å². The predicted octanol–water partition coefficient (Wildman–Crippen LogP) is 0.878. The number of nitrogen functional groups attached to an aromatic ring is 1. The molecule has 1 aromatic rings. The van der Waals surface area contributed by atoms with Gasteiger partial charge in [0, 0.05) is 18.4 Å². The Morgan fingerprint density at radius 3 is 2.88 bits per heavy atom. The van der Waals surface area contributed by atoms with Gasteiger partial charge in [0.25, 0.3) is 5.91 Å². The van der Waals surface area contributed by atoms with Crippen molar-refractivity contribution in [3.8, 4) is 0 Å². The summed E-state index contributed by atoms with van der Waals surface area (Å²) in [6.45, 7) is 3.93. The molecule has 0 saturated heterocycles. The average Bonchev–Trinajstić information content (AvgIpc) is 2.61. The quantitative estimate of drug-likeness (QED) is 0.599. The van der Waals surface area contributed by atoms with E-state index < -0.39 is 5.60 Å². The molecule has 1 aromatic heterocycles. The summed E-state index contributed by atoms with van der Waals surface area (Å²) in [5.41, 5.74) is 5.55. The van der Waals surface area contributed by atoms with Crippen LogP contribution in [0.5, 0.6) is 0 Å². The molecule has 0 spiro atoms. The van der Waals surface area contributed by atoms with Gasteiger partial charge in [-0.25, -0.2) is 0 Å². The molecule has 1 atom stereocenters. The lowest BCUT2D eigenvalue weighted by molar-refractivity contribution is 0.0468. The van der Waals surface area contributed by atoms with E-state index in [0.29, 0.717) is 17.8 Å². The number of H-pyrrole nitrogens is 1. The molecule has 0 saturated carbocycles. The highest BCUT2D eigenvalue weighted by molar-refractivity contribution is 5.93. The van der Waals surface area contributed by atoms with E-state index in [4.69, 9.17) is 5.73 Å². The molecule has 5 N–H and O–H groups in total. The number of carbonyl (C=O) groups excluding carboxylic acids is 1. The maximum atomic E-state index is 11.6. The fourth-order valence-electron chi connectivity index (χ4n) is 1.54. The number of amides is 1. The summed E-state index contributed by atoms with van der Waals surface area (Å²) in [4.78, 5) is 14.4. The van der Waals surface area contributed by atoms with Crippen LogP contribution in [0, 0.1) is 0 Å². The van der Waals surface area contributed by atoms with Crippen LogP contribution in [-0.4, -0.2) is 28.1 Å². The van der Waals surface area contributed by atoms with Gasteiger partial charge in [-0.3, -0.25) is 4.79 Å². The van der Waals surface area contributed by atoms with Crippen LogP contribution in [-0.2, 0) is 0 Å². The third-order valence-electron chi connectivity index (χ3n) is 2.37. The normalized spacial score (nSPS) is 14.4. The minimum absolute atomic E-state index is 0.235. The first-order chi connectivity index (χ1) is 7.44. The molecule has 0 aliphatic carbocycles. The summed E-state index contributed by atoms with van der Waals surface area (Å²) in [6.07, 6.45) is 3.08. The molecule has 90 valence electrons. The minimum atomic E-state index is -0.859. The lowest BCUT2D eigenvalue weighted by Gasteiger charge is -2.22. The van der Waals surface area contributed by atoms with Crippen LogP contribution in [0.15, 0.2) is 12.3 Å². The van der Waals surface area contributed by atoms with Crippen LogP contribution in [0.3, 0.4) is 0 Å². The van der Waals surface area contributed by atoms with E-state index >= 15 is 0 Å². The highest BCUT2D eigenvalue weighted by atomic mass is 16.3. The zero-order chi connectivity index (χ0) is 12.2. The van der Waals surface area contributed by atoms with Crippen LogP contribution >= 0.6 is 0 Å². The van der Waals surface area contributed by atoms with E-state index in [0.717, 1.165) is 6.42 Å². The molecule has 0 aromatic carbocycles. The van der Waals surface area contributed by atoms with Gasteiger partial charge >= 0.3 is 0 Å². The van der Waals surface area contributed by atoms with Crippen LogP contribution in [0.25, 0.3) is 0 Å². The summed E-state index contributed by atoms with van der Waals surface area (Å²) in [5, 5.41) is 12.5. The predicted molar refractivity (Wildman–Crippen MR) is 63.1 cm³/mol. The smallest absolute Gasteiger partial charge is 0.267 e. The number of aliphatic hydroxyl groups is 1. The van der Waals surface area contributed by atoms with Crippen LogP contribution in [0.1, 0.15) is 37.2 Å². The van der Waals surface area contributed by atoms with Gasteiger partial charge in [-0.15, -0.1) is 0 Å². The topological polar surface area (TPSA) is 91.1 Å². The molecular formula is C11H19N3O2. The number of aromatic amines is 1.